The summed E-state index contributed by atoms with van der Waals surface area (Å²) < 4.78 is 2.13. The van der Waals surface area contributed by atoms with Gasteiger partial charge in [-0.15, -0.1) is 0 Å². The fraction of sp³-hybridized carbons (Fsp3) is 0.267. The van der Waals surface area contributed by atoms with E-state index in [9.17, 15) is 4.79 Å². The first-order chi connectivity index (χ1) is 8.83. The number of Topliss-reactive ketones (excluding diaryl/α,β-unsaturated/α-hetero) is 1. The molecule has 1 fully saturated rings. The van der Waals surface area contributed by atoms with E-state index in [0.29, 0.717) is 18.9 Å². The highest BCUT2D eigenvalue weighted by Crippen LogP contribution is 2.22. The van der Waals surface area contributed by atoms with E-state index in [1.807, 2.05) is 0 Å². The number of hydrogen-bond donors (Lipinski definition) is 0. The molecule has 92 valence electrons. The van der Waals surface area contributed by atoms with Crippen LogP contribution in [-0.4, -0.2) is 28.9 Å². The summed E-state index contributed by atoms with van der Waals surface area (Å²) >= 11 is 1.78. The van der Waals surface area contributed by atoms with Crippen molar-refractivity contribution < 1.29 is 4.79 Å². The fourth-order valence-electron chi connectivity index (χ4n) is 2.23. The van der Waals surface area contributed by atoms with Crippen LogP contribution in [0.25, 0.3) is 10.8 Å². The van der Waals surface area contributed by atoms with Crippen LogP contribution >= 0.6 is 11.9 Å². The Bertz CT molecular complexity index is 568. The molecule has 2 aromatic rings. The molecule has 0 atom stereocenters. The lowest BCUT2D eigenvalue weighted by molar-refractivity contribution is -0.124. The van der Waals surface area contributed by atoms with Gasteiger partial charge >= 0.3 is 0 Å². The number of aryl methyl sites for hydroxylation is 1. The maximum absolute atomic E-state index is 10.9. The number of rotatable bonds is 4. The molecule has 0 spiro atoms. The molecule has 0 amide bonds. The Morgan fingerprint density at radius 3 is 2.67 bits per heavy atom. The molecule has 0 radical (unpaired) electrons. The van der Waals surface area contributed by atoms with Gasteiger partial charge in [-0.25, -0.2) is 4.31 Å². The largest absolute Gasteiger partial charge is 0.297 e. The Labute approximate surface area is 111 Å². The third-order valence-corrected chi connectivity index (χ3v) is 4.24. The second-order valence-electron chi connectivity index (χ2n) is 4.56. The Hall–Kier alpha value is -1.32. The van der Waals surface area contributed by atoms with Gasteiger partial charge in [0.25, 0.3) is 0 Å². The Kier molecular flexibility index (Phi) is 3.35. The minimum absolute atomic E-state index is 0.354. The molecule has 1 aliphatic heterocycles. The van der Waals surface area contributed by atoms with E-state index in [-0.39, 0.29) is 0 Å². The average molecular weight is 257 g/mol. The summed E-state index contributed by atoms with van der Waals surface area (Å²) in [6.45, 7) is 1.25. The molecule has 3 heteroatoms. The molecule has 0 aliphatic carbocycles. The number of nitrogens with zero attached hydrogens (tertiary/aromatic N) is 1. The van der Waals surface area contributed by atoms with Crippen LogP contribution in [0.3, 0.4) is 0 Å². The summed E-state index contributed by atoms with van der Waals surface area (Å²) in [6, 6.07) is 15.0. The second kappa shape index (κ2) is 5.12. The van der Waals surface area contributed by atoms with Gasteiger partial charge in [0.15, 0.2) is 5.78 Å². The van der Waals surface area contributed by atoms with Crippen molar-refractivity contribution in [2.75, 3.05) is 18.8 Å². The van der Waals surface area contributed by atoms with Crippen molar-refractivity contribution in [3.05, 3.63) is 48.0 Å². The molecule has 1 aliphatic rings. The molecule has 2 aromatic carbocycles. The summed E-state index contributed by atoms with van der Waals surface area (Å²) in [6.07, 6.45) is 1.05. The van der Waals surface area contributed by atoms with Crippen LogP contribution in [0, 0.1) is 0 Å². The zero-order valence-electron chi connectivity index (χ0n) is 10.1. The Morgan fingerprint density at radius 2 is 1.83 bits per heavy atom. The third kappa shape index (κ3) is 2.42. The number of ketones is 1. The molecule has 2 nitrogen and oxygen atoms in total. The lowest BCUT2D eigenvalue weighted by Crippen LogP contribution is -2.42. The highest BCUT2D eigenvalue weighted by Gasteiger charge is 2.23. The van der Waals surface area contributed by atoms with E-state index >= 15 is 0 Å². The van der Waals surface area contributed by atoms with Gasteiger partial charge in [0, 0.05) is 5.75 Å². The molecule has 0 unspecified atom stereocenters. The van der Waals surface area contributed by atoms with Gasteiger partial charge in [-0.2, -0.15) is 0 Å². The van der Waals surface area contributed by atoms with Gasteiger partial charge in [-0.1, -0.05) is 54.4 Å². The van der Waals surface area contributed by atoms with Crippen LogP contribution < -0.4 is 0 Å². The molecule has 1 heterocycles. The summed E-state index contributed by atoms with van der Waals surface area (Å²) in [4.78, 5) is 10.9. The Balaban J connectivity index is 1.65. The molecule has 0 aromatic heterocycles. The minimum Gasteiger partial charge on any atom is -0.297 e. The van der Waals surface area contributed by atoms with E-state index in [2.05, 4.69) is 46.8 Å². The van der Waals surface area contributed by atoms with Crippen LogP contribution in [0.5, 0.6) is 0 Å². The van der Waals surface area contributed by atoms with Gasteiger partial charge in [0.2, 0.25) is 0 Å². The summed E-state index contributed by atoms with van der Waals surface area (Å²) in [7, 11) is 0. The van der Waals surface area contributed by atoms with E-state index < -0.39 is 0 Å². The number of hydrogen-bond acceptors (Lipinski definition) is 3. The maximum Gasteiger partial charge on any atom is 0.162 e. The van der Waals surface area contributed by atoms with E-state index in [0.717, 1.165) is 12.2 Å². The molecule has 0 bridgehead atoms. The molecular weight excluding hydrogens is 242 g/mol. The lowest BCUT2D eigenvalue weighted by Gasteiger charge is -2.27. The van der Waals surface area contributed by atoms with Gasteiger partial charge in [0.05, 0.1) is 13.1 Å². The second-order valence-corrected chi connectivity index (χ2v) is 5.74. The number of carbonyl (C=O) groups is 1. The van der Waals surface area contributed by atoms with Crippen molar-refractivity contribution in [1.82, 2.24) is 4.31 Å². The first kappa shape index (κ1) is 11.8. The smallest absolute Gasteiger partial charge is 0.162 e. The van der Waals surface area contributed by atoms with Crippen molar-refractivity contribution in [2.24, 2.45) is 0 Å². The maximum atomic E-state index is 10.9. The zero-order chi connectivity index (χ0) is 12.4. The van der Waals surface area contributed by atoms with Crippen LogP contribution in [0.4, 0.5) is 0 Å². The predicted molar refractivity (Wildman–Crippen MR) is 76.7 cm³/mol. The van der Waals surface area contributed by atoms with Gasteiger partial charge in [-0.3, -0.25) is 4.79 Å². The summed E-state index contributed by atoms with van der Waals surface area (Å²) in [5.41, 5.74) is 1.40. The van der Waals surface area contributed by atoms with Crippen molar-refractivity contribution in [1.29, 1.82) is 0 Å². The third-order valence-electron chi connectivity index (χ3n) is 3.23. The van der Waals surface area contributed by atoms with Gasteiger partial charge in [-0.05, 0) is 22.8 Å². The lowest BCUT2D eigenvalue weighted by atomic mass is 10.0. The first-order valence-corrected chi connectivity index (χ1v) is 7.13. The van der Waals surface area contributed by atoms with E-state index in [4.69, 9.17) is 0 Å². The Morgan fingerprint density at radius 1 is 1.06 bits per heavy atom. The summed E-state index contributed by atoms with van der Waals surface area (Å²) in [5, 5.41) is 2.65. The normalized spacial score (nSPS) is 15.9. The molecule has 3 rings (SSSR count). The van der Waals surface area contributed by atoms with Crippen molar-refractivity contribution >= 4 is 28.5 Å². The SMILES string of the molecule is O=C1CN(SCCc2cccc3ccccc23)C1. The number of fused-ring (bicyclic) bond motifs is 1. The predicted octanol–water partition coefficient (Wildman–Crippen LogP) is 2.92. The van der Waals surface area contributed by atoms with Crippen molar-refractivity contribution in [3.8, 4) is 0 Å². The monoisotopic (exact) mass is 257 g/mol. The summed E-state index contributed by atoms with van der Waals surface area (Å²) in [5.74, 6) is 1.40. The quantitative estimate of drug-likeness (QED) is 0.786. The van der Waals surface area contributed by atoms with Crippen LogP contribution in [0.15, 0.2) is 42.5 Å². The zero-order valence-corrected chi connectivity index (χ0v) is 11.0. The van der Waals surface area contributed by atoms with E-state index in [1.54, 1.807) is 11.9 Å². The van der Waals surface area contributed by atoms with Crippen LogP contribution in [0.1, 0.15) is 5.56 Å². The highest BCUT2D eigenvalue weighted by atomic mass is 32.2. The van der Waals surface area contributed by atoms with Crippen LogP contribution in [0.2, 0.25) is 0 Å². The molecule has 18 heavy (non-hydrogen) atoms. The number of carbonyl (C=O) groups excluding carboxylic acids is 1. The highest BCUT2D eigenvalue weighted by molar-refractivity contribution is 7.97. The molecule has 1 saturated heterocycles. The van der Waals surface area contributed by atoms with Gasteiger partial charge in [0.1, 0.15) is 0 Å². The first-order valence-electron chi connectivity index (χ1n) is 6.19. The standard InChI is InChI=1S/C15H15NOS/c17-14-10-16(11-14)18-9-8-13-6-3-5-12-4-1-2-7-15(12)13/h1-7H,8-11H2. The van der Waals surface area contributed by atoms with Crippen molar-refractivity contribution in [3.63, 3.8) is 0 Å². The molecule has 0 N–H and O–H groups in total. The molecule has 0 saturated carbocycles. The van der Waals surface area contributed by atoms with Crippen LogP contribution in [-0.2, 0) is 11.2 Å². The van der Waals surface area contributed by atoms with Gasteiger partial charge < -0.3 is 0 Å². The molecular formula is C15H15NOS. The average Bonchev–Trinajstić information content (AvgIpc) is 2.37. The minimum atomic E-state index is 0.354. The topological polar surface area (TPSA) is 20.3 Å². The fourth-order valence-corrected chi connectivity index (χ4v) is 3.27. The van der Waals surface area contributed by atoms with Crippen molar-refractivity contribution in [2.45, 2.75) is 6.42 Å². The number of benzene rings is 2. The van der Waals surface area contributed by atoms with E-state index in [1.165, 1.54) is 16.3 Å².